The third-order valence-corrected chi connectivity index (χ3v) is 17.1. The molecule has 0 heterocycles. The molecule has 4 heteroatoms. The van der Waals surface area contributed by atoms with E-state index in [1.807, 2.05) is 0 Å². The Balaban J connectivity index is 1.16. The first kappa shape index (κ1) is 55.1. The second kappa shape index (κ2) is 22.4. The highest BCUT2D eigenvalue weighted by Gasteiger charge is 2.53. The second-order valence-electron chi connectivity index (χ2n) is 24.0. The molecule has 11 aromatic carbocycles. The summed E-state index contributed by atoms with van der Waals surface area (Å²) < 4.78 is 0. The molecular formula is C82H72N4. The van der Waals surface area contributed by atoms with E-state index in [0.717, 1.165) is 68.3 Å². The van der Waals surface area contributed by atoms with Crippen LogP contribution in [0.25, 0.3) is 22.3 Å². The summed E-state index contributed by atoms with van der Waals surface area (Å²) in [6.07, 6.45) is 6.41. The van der Waals surface area contributed by atoms with E-state index in [1.165, 1.54) is 89.0 Å². The number of fused-ring (bicyclic) bond motifs is 10. The van der Waals surface area contributed by atoms with Crippen molar-refractivity contribution in [1.82, 2.24) is 0 Å². The van der Waals surface area contributed by atoms with E-state index in [0.29, 0.717) is 0 Å². The van der Waals surface area contributed by atoms with Gasteiger partial charge in [0, 0.05) is 68.3 Å². The maximum atomic E-state index is 4.82. The second-order valence-corrected chi connectivity index (χ2v) is 24.0. The molecule has 11 aromatic rings. The van der Waals surface area contributed by atoms with Gasteiger partial charge in [-0.05, 0) is 285 Å². The molecule has 13 rings (SSSR count). The van der Waals surface area contributed by atoms with E-state index in [2.05, 4.69) is 343 Å². The molecule has 0 unspecified atom stereocenters. The van der Waals surface area contributed by atoms with Gasteiger partial charge in [-0.1, -0.05) is 133 Å². The molecule has 4 nitrogen and oxygen atoms in total. The minimum Gasteiger partial charge on any atom is -0.311 e. The number of benzene rings is 11. The van der Waals surface area contributed by atoms with Crippen LogP contribution in [-0.2, 0) is 5.41 Å². The van der Waals surface area contributed by atoms with Crippen molar-refractivity contribution >= 4 is 62.6 Å². The molecule has 2 aliphatic carbocycles. The Morgan fingerprint density at radius 1 is 0.302 bits per heavy atom. The van der Waals surface area contributed by atoms with Crippen molar-refractivity contribution in [1.29, 1.82) is 0 Å². The summed E-state index contributed by atoms with van der Waals surface area (Å²) in [7, 11) is 0. The van der Waals surface area contributed by atoms with Gasteiger partial charge in [0.05, 0.1) is 5.41 Å². The molecule has 0 saturated carbocycles. The first-order valence-corrected chi connectivity index (χ1v) is 30.0. The molecule has 0 aliphatic heterocycles. The number of aryl methyl sites for hydroxylation is 7. The van der Waals surface area contributed by atoms with Crippen molar-refractivity contribution in [2.75, 3.05) is 19.6 Å². The molecule has 0 saturated heterocycles. The Labute approximate surface area is 509 Å². The van der Waals surface area contributed by atoms with Crippen LogP contribution in [0.3, 0.4) is 0 Å². The van der Waals surface area contributed by atoms with Crippen LogP contribution in [0.5, 0.6) is 0 Å². The summed E-state index contributed by atoms with van der Waals surface area (Å²) in [6, 6.07) is 91.3. The Morgan fingerprint density at radius 2 is 0.535 bits per heavy atom. The van der Waals surface area contributed by atoms with Crippen LogP contribution >= 0.6 is 0 Å². The summed E-state index contributed by atoms with van der Waals surface area (Å²) in [4.78, 5) is 9.67. The molecule has 0 radical (unpaired) electrons. The van der Waals surface area contributed by atoms with E-state index in [9.17, 15) is 0 Å². The molecule has 0 aromatic heterocycles. The summed E-state index contributed by atoms with van der Waals surface area (Å²) >= 11 is 0. The van der Waals surface area contributed by atoms with Gasteiger partial charge in [0.15, 0.2) is 0 Å². The lowest BCUT2D eigenvalue weighted by Gasteiger charge is -2.35. The number of rotatable bonds is 14. The molecule has 1 spiro atoms. The molecule has 0 N–H and O–H groups in total. The molecule has 86 heavy (non-hydrogen) atoms. The minimum absolute atomic E-state index is 0.863. The highest BCUT2D eigenvalue weighted by molar-refractivity contribution is 6.00. The van der Waals surface area contributed by atoms with Crippen LogP contribution in [0.15, 0.2) is 279 Å². The van der Waals surface area contributed by atoms with Gasteiger partial charge in [0.25, 0.3) is 0 Å². The third-order valence-electron chi connectivity index (χ3n) is 17.1. The fraction of sp³-hybridized carbons (Fsp3) is 0.122. The summed E-state index contributed by atoms with van der Waals surface area (Å²) in [5, 5.41) is 0. The zero-order valence-corrected chi connectivity index (χ0v) is 50.8. The van der Waals surface area contributed by atoms with Gasteiger partial charge in [-0.2, -0.15) is 0 Å². The topological polar surface area (TPSA) is 13.0 Å². The van der Waals surface area contributed by atoms with Crippen LogP contribution < -0.4 is 19.6 Å². The fourth-order valence-electron chi connectivity index (χ4n) is 13.4. The van der Waals surface area contributed by atoms with Crippen molar-refractivity contribution < 1.29 is 0 Å². The Bertz CT molecular complexity index is 4100. The SMILES string of the molecule is C=C(/C=C\C=C(C)C)N(c1cccc(C)c1)c1ccc2c(c1)C1(c3cc(N(c4cccc(C)c4)c4cccc(C)c4)ccc3-2)c2cc(N(c3cccc(C)c3)c3cccc(C)c3)ccc2-c2ccc(N(c3cccc(C)c3)c3cccc(C)c3)cc21. The number of anilines is 11. The normalized spacial score (nSPS) is 12.3. The maximum Gasteiger partial charge on any atom is 0.0728 e. The van der Waals surface area contributed by atoms with Gasteiger partial charge >= 0.3 is 0 Å². The first-order valence-electron chi connectivity index (χ1n) is 30.0. The van der Waals surface area contributed by atoms with E-state index in [1.54, 1.807) is 0 Å². The number of hydrogen-bond donors (Lipinski definition) is 0. The highest BCUT2D eigenvalue weighted by atomic mass is 15.2. The van der Waals surface area contributed by atoms with Crippen LogP contribution in [0.4, 0.5) is 62.6 Å². The number of allylic oxidation sites excluding steroid dienone is 4. The predicted molar refractivity (Wildman–Crippen MR) is 366 cm³/mol. The quantitative estimate of drug-likeness (QED) is 0.101. The van der Waals surface area contributed by atoms with Crippen molar-refractivity contribution in [3.63, 3.8) is 0 Å². The van der Waals surface area contributed by atoms with Gasteiger partial charge in [0.2, 0.25) is 0 Å². The average Bonchev–Trinajstić information content (AvgIpc) is 1.52. The van der Waals surface area contributed by atoms with E-state index in [4.69, 9.17) is 6.58 Å². The Hall–Kier alpha value is -10.2. The molecule has 0 fully saturated rings. The lowest BCUT2D eigenvalue weighted by atomic mass is 9.70. The van der Waals surface area contributed by atoms with Crippen molar-refractivity contribution in [2.24, 2.45) is 0 Å². The third kappa shape index (κ3) is 10.0. The monoisotopic (exact) mass is 1110 g/mol. The largest absolute Gasteiger partial charge is 0.311 e. The number of nitrogens with zero attached hydrogens (tertiary/aromatic N) is 4. The molecular weight excluding hydrogens is 1040 g/mol. The maximum absolute atomic E-state index is 4.82. The first-order chi connectivity index (χ1) is 41.7. The fourth-order valence-corrected chi connectivity index (χ4v) is 13.4. The summed E-state index contributed by atoms with van der Waals surface area (Å²) in [5.41, 5.74) is 31.2. The predicted octanol–water partition coefficient (Wildman–Crippen LogP) is 22.8. The van der Waals surface area contributed by atoms with Crippen LogP contribution in [0.1, 0.15) is 75.0 Å². The number of hydrogen-bond acceptors (Lipinski definition) is 4. The molecule has 420 valence electrons. The zero-order chi connectivity index (χ0) is 59.4. The summed E-state index contributed by atoms with van der Waals surface area (Å²) in [6.45, 7) is 24.4. The van der Waals surface area contributed by atoms with Crippen molar-refractivity contribution in [3.8, 4) is 22.3 Å². The zero-order valence-electron chi connectivity index (χ0n) is 50.8. The van der Waals surface area contributed by atoms with E-state index in [-0.39, 0.29) is 0 Å². The molecule has 0 amide bonds. The summed E-state index contributed by atoms with van der Waals surface area (Å²) in [5.74, 6) is 0. The molecule has 0 bridgehead atoms. The van der Waals surface area contributed by atoms with Gasteiger partial charge in [-0.25, -0.2) is 0 Å². The van der Waals surface area contributed by atoms with Crippen molar-refractivity contribution in [2.45, 2.75) is 67.7 Å². The minimum atomic E-state index is -0.870. The van der Waals surface area contributed by atoms with Crippen LogP contribution in [0.2, 0.25) is 0 Å². The van der Waals surface area contributed by atoms with Gasteiger partial charge < -0.3 is 19.6 Å². The molecule has 2 aliphatic rings. The lowest BCUT2D eigenvalue weighted by molar-refractivity contribution is 0.793. The standard InChI is InChI=1S/C82H72N4/c1-54(2)19-11-27-62(10)83(63-28-12-20-55(3)43-63)70-35-39-74-75-40-36-71(84(64-29-13-21-56(4)44-64)65-30-14-22-57(5)45-65)51-79(75)82(78(74)50-70)80-52-72(85(66-31-15-23-58(6)46-66)67-32-16-24-59(7)47-67)37-41-76(80)77-42-38-73(53-81(77)82)86(68-33-17-25-60(8)48-68)69-34-18-26-61(9)49-69/h11-53H,10H2,1-9H3/b27-11-. The van der Waals surface area contributed by atoms with E-state index < -0.39 is 5.41 Å². The van der Waals surface area contributed by atoms with Gasteiger partial charge in [0.1, 0.15) is 0 Å². The van der Waals surface area contributed by atoms with Crippen LogP contribution in [0, 0.1) is 48.5 Å². The average molecular weight is 1110 g/mol. The van der Waals surface area contributed by atoms with E-state index >= 15 is 0 Å². The Kier molecular flexibility index (Phi) is 14.4. The van der Waals surface area contributed by atoms with Gasteiger partial charge in [-0.15, -0.1) is 0 Å². The van der Waals surface area contributed by atoms with Gasteiger partial charge in [-0.3, -0.25) is 0 Å². The van der Waals surface area contributed by atoms with Crippen LogP contribution in [-0.4, -0.2) is 0 Å². The highest BCUT2D eigenvalue weighted by Crippen LogP contribution is 2.65. The smallest absolute Gasteiger partial charge is 0.0728 e. The Morgan fingerprint density at radius 3 is 0.814 bits per heavy atom. The molecule has 0 atom stereocenters. The lowest BCUT2D eigenvalue weighted by Crippen LogP contribution is -2.27. The van der Waals surface area contributed by atoms with Crippen molar-refractivity contribution in [3.05, 3.63) is 340 Å².